The van der Waals surface area contributed by atoms with E-state index in [-0.39, 0.29) is 5.91 Å². The molecule has 1 saturated carbocycles. The van der Waals surface area contributed by atoms with Crippen molar-refractivity contribution < 1.29 is 19.1 Å². The number of methoxy groups -OCH3 is 1. The van der Waals surface area contributed by atoms with Crippen LogP contribution in [-0.4, -0.2) is 40.6 Å². The zero-order chi connectivity index (χ0) is 25.2. The number of pyridine rings is 1. The van der Waals surface area contributed by atoms with Gasteiger partial charge in [0.2, 0.25) is 5.91 Å². The van der Waals surface area contributed by atoms with Gasteiger partial charge in [-0.05, 0) is 75.4 Å². The Labute approximate surface area is 208 Å². The van der Waals surface area contributed by atoms with Crippen LogP contribution in [0.5, 0.6) is 5.75 Å². The summed E-state index contributed by atoms with van der Waals surface area (Å²) < 4.78 is 11.1. The lowest BCUT2D eigenvalue weighted by Crippen LogP contribution is -2.45. The molecule has 7 nitrogen and oxygen atoms in total. The van der Waals surface area contributed by atoms with Gasteiger partial charge in [-0.2, -0.15) is 0 Å². The van der Waals surface area contributed by atoms with Crippen molar-refractivity contribution >= 4 is 17.8 Å². The van der Waals surface area contributed by atoms with Gasteiger partial charge in [-0.1, -0.05) is 31.4 Å². The molecule has 1 aliphatic heterocycles. The summed E-state index contributed by atoms with van der Waals surface area (Å²) in [4.78, 5) is 34.7. The van der Waals surface area contributed by atoms with Crippen molar-refractivity contribution in [3.63, 3.8) is 0 Å². The van der Waals surface area contributed by atoms with E-state index in [4.69, 9.17) is 14.5 Å². The molecule has 2 aliphatic rings. The van der Waals surface area contributed by atoms with Crippen molar-refractivity contribution in [3.8, 4) is 5.75 Å². The van der Waals surface area contributed by atoms with Gasteiger partial charge in [-0.15, -0.1) is 0 Å². The number of anilines is 1. The van der Waals surface area contributed by atoms with E-state index < -0.39 is 11.7 Å². The predicted octanol–water partition coefficient (Wildman–Crippen LogP) is 5.56. The Morgan fingerprint density at radius 1 is 1.14 bits per heavy atom. The lowest BCUT2D eigenvalue weighted by Gasteiger charge is -2.37. The monoisotopic (exact) mass is 479 g/mol. The smallest absolute Gasteiger partial charge is 0.416 e. The van der Waals surface area contributed by atoms with E-state index in [0.29, 0.717) is 31.4 Å². The summed E-state index contributed by atoms with van der Waals surface area (Å²) in [5, 5.41) is 0. The Balaban J connectivity index is 1.64. The van der Waals surface area contributed by atoms with Crippen molar-refractivity contribution in [1.29, 1.82) is 0 Å². The van der Waals surface area contributed by atoms with Crippen molar-refractivity contribution in [2.75, 3.05) is 12.0 Å². The molecule has 1 aliphatic carbocycles. The van der Waals surface area contributed by atoms with Gasteiger partial charge in [0.25, 0.3) is 0 Å². The fourth-order valence-electron chi connectivity index (χ4n) is 4.91. The molecule has 0 atom stereocenters. The molecule has 2 aromatic rings. The van der Waals surface area contributed by atoms with Crippen LogP contribution in [0.25, 0.3) is 0 Å². The van der Waals surface area contributed by atoms with Crippen LogP contribution in [0.4, 0.5) is 10.6 Å². The first-order chi connectivity index (χ1) is 16.6. The minimum absolute atomic E-state index is 0.178. The molecule has 1 fully saturated rings. The van der Waals surface area contributed by atoms with Crippen molar-refractivity contribution in [2.45, 2.75) is 91.0 Å². The van der Waals surface area contributed by atoms with Gasteiger partial charge in [-0.25, -0.2) is 9.78 Å². The maximum atomic E-state index is 13.3. The topological polar surface area (TPSA) is 72.0 Å². The van der Waals surface area contributed by atoms with Crippen LogP contribution < -0.4 is 9.64 Å². The summed E-state index contributed by atoms with van der Waals surface area (Å²) in [5.41, 5.74) is 3.17. The SMILES string of the molecule is COc1ccc(CN(C(=O)OC(C)(C)C)c2ccc3c(n2)CN(C2CCCCC2)C(=O)C3)c(C)c1. The van der Waals surface area contributed by atoms with E-state index >= 15 is 0 Å². The van der Waals surface area contributed by atoms with E-state index in [0.717, 1.165) is 41.0 Å². The minimum atomic E-state index is -0.636. The molecule has 4 rings (SSSR count). The van der Waals surface area contributed by atoms with Gasteiger partial charge < -0.3 is 14.4 Å². The van der Waals surface area contributed by atoms with Crippen LogP contribution in [0.1, 0.15) is 75.3 Å². The second-order valence-corrected chi connectivity index (χ2v) is 10.6. The number of carbonyl (C=O) groups excluding carboxylic acids is 2. The second-order valence-electron chi connectivity index (χ2n) is 10.6. The van der Waals surface area contributed by atoms with E-state index in [2.05, 4.69) is 0 Å². The van der Waals surface area contributed by atoms with Crippen molar-refractivity contribution in [1.82, 2.24) is 9.88 Å². The molecule has 0 N–H and O–H groups in total. The Hall–Kier alpha value is -3.09. The van der Waals surface area contributed by atoms with Crippen LogP contribution in [0.15, 0.2) is 30.3 Å². The summed E-state index contributed by atoms with van der Waals surface area (Å²) in [5.74, 6) is 1.48. The highest BCUT2D eigenvalue weighted by Crippen LogP contribution is 2.30. The predicted molar refractivity (Wildman–Crippen MR) is 136 cm³/mol. The lowest BCUT2D eigenvalue weighted by atomic mass is 9.92. The van der Waals surface area contributed by atoms with Crippen LogP contribution in [-0.2, 0) is 29.0 Å². The second kappa shape index (κ2) is 10.3. The third-order valence-electron chi connectivity index (χ3n) is 6.82. The molecule has 2 heterocycles. The van der Waals surface area contributed by atoms with Crippen molar-refractivity contribution in [2.24, 2.45) is 0 Å². The zero-order valence-corrected chi connectivity index (χ0v) is 21.6. The standard InChI is InChI=1S/C28H37N3O4/c1-19-15-23(34-5)13-11-21(19)17-31(27(33)35-28(2,3)4)25-14-12-20-16-26(32)30(18-24(20)29-25)22-9-7-6-8-10-22/h11-15,22H,6-10,16-18H2,1-5H3. The molecule has 0 saturated heterocycles. The number of aromatic nitrogens is 1. The van der Waals surface area contributed by atoms with Crippen LogP contribution in [0.3, 0.4) is 0 Å². The molecule has 0 unspecified atom stereocenters. The van der Waals surface area contributed by atoms with Gasteiger partial charge in [-0.3, -0.25) is 9.69 Å². The Morgan fingerprint density at radius 2 is 1.89 bits per heavy atom. The molecule has 35 heavy (non-hydrogen) atoms. The molecule has 0 radical (unpaired) electrons. The maximum absolute atomic E-state index is 13.3. The highest BCUT2D eigenvalue weighted by atomic mass is 16.6. The van der Waals surface area contributed by atoms with Gasteiger partial charge in [0, 0.05) is 6.04 Å². The molecule has 1 aromatic heterocycles. The minimum Gasteiger partial charge on any atom is -0.497 e. The van der Waals surface area contributed by atoms with Gasteiger partial charge in [0.1, 0.15) is 17.2 Å². The highest BCUT2D eigenvalue weighted by Gasteiger charge is 2.32. The van der Waals surface area contributed by atoms with Gasteiger partial charge in [0.05, 0.1) is 32.3 Å². The fraction of sp³-hybridized carbons (Fsp3) is 0.536. The summed E-state index contributed by atoms with van der Waals surface area (Å²) in [6.07, 6.45) is 5.61. The van der Waals surface area contributed by atoms with E-state index in [9.17, 15) is 9.59 Å². The van der Waals surface area contributed by atoms with Gasteiger partial charge >= 0.3 is 6.09 Å². The number of aryl methyl sites for hydroxylation is 1. The molecular weight excluding hydrogens is 442 g/mol. The first-order valence-corrected chi connectivity index (χ1v) is 12.6. The largest absolute Gasteiger partial charge is 0.497 e. The Morgan fingerprint density at radius 3 is 2.54 bits per heavy atom. The summed E-state index contributed by atoms with van der Waals surface area (Å²) in [6, 6.07) is 9.86. The van der Waals surface area contributed by atoms with Crippen LogP contribution in [0.2, 0.25) is 0 Å². The van der Waals surface area contributed by atoms with Crippen molar-refractivity contribution in [3.05, 3.63) is 52.7 Å². The third-order valence-corrected chi connectivity index (χ3v) is 6.82. The fourth-order valence-corrected chi connectivity index (χ4v) is 4.91. The molecule has 2 amide bonds. The number of carbonyl (C=O) groups is 2. The first kappa shape index (κ1) is 25.0. The summed E-state index contributed by atoms with van der Waals surface area (Å²) in [7, 11) is 1.64. The number of nitrogens with zero attached hydrogens (tertiary/aromatic N) is 3. The van der Waals surface area contributed by atoms with Crippen LogP contribution in [0, 0.1) is 6.92 Å². The molecule has 0 spiro atoms. The third kappa shape index (κ3) is 5.95. The van der Waals surface area contributed by atoms with E-state index in [1.807, 2.05) is 62.9 Å². The summed E-state index contributed by atoms with van der Waals surface area (Å²) in [6.45, 7) is 8.39. The van der Waals surface area contributed by atoms with E-state index in [1.54, 1.807) is 12.0 Å². The maximum Gasteiger partial charge on any atom is 0.416 e. The molecule has 188 valence electrons. The zero-order valence-electron chi connectivity index (χ0n) is 21.6. The number of hydrogen-bond donors (Lipinski definition) is 0. The van der Waals surface area contributed by atoms with Gasteiger partial charge in [0.15, 0.2) is 0 Å². The normalized spacial score (nSPS) is 16.6. The highest BCUT2D eigenvalue weighted by molar-refractivity contribution is 5.87. The number of fused-ring (bicyclic) bond motifs is 1. The molecule has 0 bridgehead atoms. The average molecular weight is 480 g/mol. The number of amides is 2. The summed E-state index contributed by atoms with van der Waals surface area (Å²) >= 11 is 0. The molecular formula is C28H37N3O4. The number of ether oxygens (including phenoxy) is 2. The lowest BCUT2D eigenvalue weighted by molar-refractivity contribution is -0.135. The number of rotatable bonds is 5. The van der Waals surface area contributed by atoms with Crippen LogP contribution >= 0.6 is 0 Å². The average Bonchev–Trinajstić information content (AvgIpc) is 2.82. The Kier molecular flexibility index (Phi) is 7.33. The Bertz CT molecular complexity index is 1090. The molecule has 1 aromatic carbocycles. The number of hydrogen-bond acceptors (Lipinski definition) is 5. The number of benzene rings is 1. The quantitative estimate of drug-likeness (QED) is 0.562. The van der Waals surface area contributed by atoms with E-state index in [1.165, 1.54) is 19.3 Å². The molecule has 7 heteroatoms. The first-order valence-electron chi connectivity index (χ1n) is 12.6.